The van der Waals surface area contributed by atoms with Crippen LogP contribution in [-0.4, -0.2) is 68.2 Å². The van der Waals surface area contributed by atoms with E-state index in [4.69, 9.17) is 4.42 Å². The Morgan fingerprint density at radius 2 is 2.10 bits per heavy atom. The molecule has 1 aromatic heterocycles. The average molecular weight is 281 g/mol. The second-order valence-electron chi connectivity index (χ2n) is 4.53. The summed E-state index contributed by atoms with van der Waals surface area (Å²) in [5, 5.41) is 2.80. The van der Waals surface area contributed by atoms with Crippen molar-refractivity contribution < 1.29 is 18.7 Å². The maximum atomic E-state index is 11.6. The van der Waals surface area contributed by atoms with E-state index in [0.29, 0.717) is 25.4 Å². The van der Waals surface area contributed by atoms with Gasteiger partial charge in [0.1, 0.15) is 0 Å². The topological polar surface area (TPSA) is 75.0 Å². The molecule has 1 aliphatic heterocycles. The van der Waals surface area contributed by atoms with E-state index in [-0.39, 0.29) is 12.0 Å². The maximum Gasteiger partial charge on any atom is 0.409 e. The predicted molar refractivity (Wildman–Crippen MR) is 71.5 cm³/mol. The van der Waals surface area contributed by atoms with Crippen molar-refractivity contribution in [1.82, 2.24) is 15.1 Å². The molecular formula is C13H19N3O4. The highest BCUT2D eigenvalue weighted by Gasteiger charge is 2.21. The molecule has 0 unspecified atom stereocenters. The smallest absolute Gasteiger partial charge is 0.409 e. The molecule has 7 nitrogen and oxygen atoms in total. The Balaban J connectivity index is 1.64. The fraction of sp³-hybridized carbons (Fsp3) is 0.538. The van der Waals surface area contributed by atoms with Crippen LogP contribution in [0.5, 0.6) is 0 Å². The van der Waals surface area contributed by atoms with Gasteiger partial charge in [-0.25, -0.2) is 4.79 Å². The molecule has 0 aromatic carbocycles. The summed E-state index contributed by atoms with van der Waals surface area (Å²) in [6, 6.07) is 3.31. The quantitative estimate of drug-likeness (QED) is 0.864. The highest BCUT2D eigenvalue weighted by Crippen LogP contribution is 2.03. The second kappa shape index (κ2) is 6.95. The summed E-state index contributed by atoms with van der Waals surface area (Å²) >= 11 is 0. The zero-order chi connectivity index (χ0) is 14.4. The number of nitrogens with one attached hydrogen (secondary N) is 1. The van der Waals surface area contributed by atoms with Crippen LogP contribution in [0.25, 0.3) is 0 Å². The van der Waals surface area contributed by atoms with Gasteiger partial charge in [0.2, 0.25) is 0 Å². The molecule has 2 amide bonds. The molecule has 0 radical (unpaired) electrons. The van der Waals surface area contributed by atoms with Gasteiger partial charge in [-0.2, -0.15) is 0 Å². The van der Waals surface area contributed by atoms with Gasteiger partial charge in [-0.15, -0.1) is 0 Å². The number of rotatable bonds is 4. The fourth-order valence-electron chi connectivity index (χ4n) is 2.11. The van der Waals surface area contributed by atoms with Gasteiger partial charge in [-0.3, -0.25) is 9.69 Å². The summed E-state index contributed by atoms with van der Waals surface area (Å²) in [4.78, 5) is 26.8. The van der Waals surface area contributed by atoms with Crippen molar-refractivity contribution in [2.75, 3.05) is 46.4 Å². The van der Waals surface area contributed by atoms with Crippen molar-refractivity contribution in [3.63, 3.8) is 0 Å². The third-order valence-corrected chi connectivity index (χ3v) is 3.26. The summed E-state index contributed by atoms with van der Waals surface area (Å²) in [6.45, 7) is 4.17. The number of carbonyl (C=O) groups is 2. The first kappa shape index (κ1) is 14.4. The molecule has 20 heavy (non-hydrogen) atoms. The van der Waals surface area contributed by atoms with Crippen LogP contribution in [-0.2, 0) is 4.74 Å². The molecular weight excluding hydrogens is 262 g/mol. The number of carbonyl (C=O) groups excluding carboxylic acids is 2. The number of nitrogens with zero attached hydrogens (tertiary/aromatic N) is 2. The van der Waals surface area contributed by atoms with E-state index in [9.17, 15) is 9.59 Å². The van der Waals surface area contributed by atoms with Gasteiger partial charge in [0, 0.05) is 39.3 Å². The van der Waals surface area contributed by atoms with Crippen LogP contribution in [0.1, 0.15) is 10.6 Å². The highest BCUT2D eigenvalue weighted by atomic mass is 16.5. The lowest BCUT2D eigenvalue weighted by Gasteiger charge is -2.33. The van der Waals surface area contributed by atoms with Crippen molar-refractivity contribution in [1.29, 1.82) is 0 Å². The van der Waals surface area contributed by atoms with Crippen LogP contribution >= 0.6 is 0 Å². The molecule has 1 saturated heterocycles. The zero-order valence-electron chi connectivity index (χ0n) is 11.5. The molecule has 2 heterocycles. The van der Waals surface area contributed by atoms with E-state index >= 15 is 0 Å². The van der Waals surface area contributed by atoms with E-state index in [1.165, 1.54) is 13.4 Å². The third kappa shape index (κ3) is 3.74. The van der Waals surface area contributed by atoms with E-state index in [1.807, 2.05) is 0 Å². The first-order valence-electron chi connectivity index (χ1n) is 6.57. The fourth-order valence-corrected chi connectivity index (χ4v) is 2.11. The van der Waals surface area contributed by atoms with Crippen LogP contribution in [0.3, 0.4) is 0 Å². The lowest BCUT2D eigenvalue weighted by Crippen LogP contribution is -2.50. The van der Waals surface area contributed by atoms with Gasteiger partial charge < -0.3 is 19.4 Å². The van der Waals surface area contributed by atoms with Crippen LogP contribution < -0.4 is 5.32 Å². The second-order valence-corrected chi connectivity index (χ2v) is 4.53. The summed E-state index contributed by atoms with van der Waals surface area (Å²) in [5.74, 6) is 0.115. The molecule has 0 saturated carbocycles. The molecule has 2 rings (SSSR count). The van der Waals surface area contributed by atoms with Crippen LogP contribution in [0.4, 0.5) is 4.79 Å². The molecule has 0 bridgehead atoms. The minimum Gasteiger partial charge on any atom is -0.459 e. The summed E-state index contributed by atoms with van der Waals surface area (Å²) in [6.07, 6.45) is 1.19. The Morgan fingerprint density at radius 3 is 2.70 bits per heavy atom. The molecule has 0 atom stereocenters. The minimum absolute atomic E-state index is 0.205. The summed E-state index contributed by atoms with van der Waals surface area (Å²) in [5.41, 5.74) is 0. The Bertz CT molecular complexity index is 438. The molecule has 0 spiro atoms. The molecule has 1 N–H and O–H groups in total. The van der Waals surface area contributed by atoms with Gasteiger partial charge in [-0.1, -0.05) is 0 Å². The van der Waals surface area contributed by atoms with E-state index < -0.39 is 0 Å². The Labute approximate surface area is 117 Å². The molecule has 1 aliphatic rings. The number of hydrogen-bond acceptors (Lipinski definition) is 5. The van der Waals surface area contributed by atoms with Crippen molar-refractivity contribution in [2.24, 2.45) is 0 Å². The highest BCUT2D eigenvalue weighted by molar-refractivity contribution is 5.91. The number of methoxy groups -OCH3 is 1. The first-order valence-corrected chi connectivity index (χ1v) is 6.57. The van der Waals surface area contributed by atoms with Crippen molar-refractivity contribution in [3.05, 3.63) is 24.2 Å². The molecule has 1 aromatic rings. The normalized spacial score (nSPS) is 15.9. The van der Waals surface area contributed by atoms with Crippen LogP contribution in [0, 0.1) is 0 Å². The number of piperazine rings is 1. The monoisotopic (exact) mass is 281 g/mol. The van der Waals surface area contributed by atoms with Gasteiger partial charge in [0.05, 0.1) is 13.4 Å². The first-order chi connectivity index (χ1) is 9.70. The Morgan fingerprint density at radius 1 is 1.35 bits per heavy atom. The summed E-state index contributed by atoms with van der Waals surface area (Å²) < 4.78 is 9.69. The Hall–Kier alpha value is -2.02. The van der Waals surface area contributed by atoms with E-state index in [0.717, 1.165) is 19.6 Å². The number of furan rings is 1. The van der Waals surface area contributed by atoms with Gasteiger partial charge in [-0.05, 0) is 12.1 Å². The lowest BCUT2D eigenvalue weighted by molar-refractivity contribution is 0.0872. The van der Waals surface area contributed by atoms with Crippen molar-refractivity contribution in [2.45, 2.75) is 0 Å². The standard InChI is InChI=1S/C13H19N3O4/c1-19-13(18)16-8-6-15(7-9-16)5-4-14-12(17)11-3-2-10-20-11/h2-3,10H,4-9H2,1H3,(H,14,17). The van der Waals surface area contributed by atoms with Gasteiger partial charge in [0.25, 0.3) is 5.91 Å². The average Bonchev–Trinajstić information content (AvgIpc) is 3.01. The molecule has 0 aliphatic carbocycles. The number of ether oxygens (including phenoxy) is 1. The molecule has 1 fully saturated rings. The van der Waals surface area contributed by atoms with Crippen molar-refractivity contribution >= 4 is 12.0 Å². The van der Waals surface area contributed by atoms with Gasteiger partial charge in [0.15, 0.2) is 5.76 Å². The molecule has 110 valence electrons. The summed E-state index contributed by atoms with van der Waals surface area (Å²) in [7, 11) is 1.39. The van der Waals surface area contributed by atoms with E-state index in [2.05, 4.69) is 15.0 Å². The molecule has 7 heteroatoms. The number of hydrogen-bond donors (Lipinski definition) is 1. The maximum absolute atomic E-state index is 11.6. The van der Waals surface area contributed by atoms with E-state index in [1.54, 1.807) is 17.0 Å². The Kier molecular flexibility index (Phi) is 5.00. The minimum atomic E-state index is -0.282. The van der Waals surface area contributed by atoms with Crippen LogP contribution in [0.15, 0.2) is 22.8 Å². The lowest BCUT2D eigenvalue weighted by atomic mass is 10.3. The largest absolute Gasteiger partial charge is 0.459 e. The van der Waals surface area contributed by atoms with Crippen molar-refractivity contribution in [3.8, 4) is 0 Å². The predicted octanol–water partition coefficient (Wildman–Crippen LogP) is 0.393. The van der Waals surface area contributed by atoms with Crippen LogP contribution in [0.2, 0.25) is 0 Å². The van der Waals surface area contributed by atoms with Gasteiger partial charge >= 0.3 is 6.09 Å². The third-order valence-electron chi connectivity index (χ3n) is 3.26. The zero-order valence-corrected chi connectivity index (χ0v) is 11.5. The SMILES string of the molecule is COC(=O)N1CCN(CCNC(=O)c2ccco2)CC1. The number of amides is 2.